The van der Waals surface area contributed by atoms with E-state index in [1.807, 2.05) is 12.1 Å². The molecule has 0 aliphatic carbocycles. The molecule has 0 fully saturated rings. The van der Waals surface area contributed by atoms with Gasteiger partial charge >= 0.3 is 0 Å². The van der Waals surface area contributed by atoms with Crippen molar-refractivity contribution >= 4 is 15.9 Å². The maximum Gasteiger partial charge on any atom is 0.169 e. The second-order valence-electron chi connectivity index (χ2n) is 4.48. The first-order valence-corrected chi connectivity index (χ1v) is 7.05. The van der Waals surface area contributed by atoms with Gasteiger partial charge in [0, 0.05) is 0 Å². The number of halogens is 1. The van der Waals surface area contributed by atoms with E-state index in [1.165, 1.54) is 5.56 Å². The van der Waals surface area contributed by atoms with Gasteiger partial charge in [-0.25, -0.2) is 0 Å². The van der Waals surface area contributed by atoms with Crippen LogP contribution in [0.5, 0.6) is 0 Å². The molecular weight excluding hydrogens is 290 g/mol. The molecule has 1 N–H and O–H groups in total. The van der Waals surface area contributed by atoms with Gasteiger partial charge in [-0.05, 0) is 52.5 Å². The number of hydrogen-bond acceptors (Lipinski definition) is 2. The van der Waals surface area contributed by atoms with Gasteiger partial charge in [0.05, 0.1) is 6.54 Å². The average Bonchev–Trinajstić information content (AvgIpc) is 2.81. The molecule has 1 unspecified atom stereocenters. The SMILES string of the molecule is CC(CCNCc1ccc(Br)o1)c1ccccc1. The van der Waals surface area contributed by atoms with Crippen molar-refractivity contribution in [3.05, 3.63) is 58.5 Å². The number of rotatable bonds is 6. The van der Waals surface area contributed by atoms with Crippen LogP contribution in [-0.4, -0.2) is 6.54 Å². The van der Waals surface area contributed by atoms with Crippen LogP contribution in [0.4, 0.5) is 0 Å². The molecule has 0 radical (unpaired) electrons. The minimum absolute atomic E-state index is 0.585. The maximum absolute atomic E-state index is 5.43. The molecule has 0 aliphatic rings. The zero-order chi connectivity index (χ0) is 12.8. The van der Waals surface area contributed by atoms with Gasteiger partial charge in [0.15, 0.2) is 4.67 Å². The second kappa shape index (κ2) is 6.76. The van der Waals surface area contributed by atoms with Crippen molar-refractivity contribution in [3.63, 3.8) is 0 Å². The van der Waals surface area contributed by atoms with Crippen molar-refractivity contribution in [2.45, 2.75) is 25.8 Å². The van der Waals surface area contributed by atoms with Gasteiger partial charge in [0.1, 0.15) is 5.76 Å². The predicted molar refractivity (Wildman–Crippen MR) is 77.6 cm³/mol. The van der Waals surface area contributed by atoms with Crippen molar-refractivity contribution in [2.24, 2.45) is 0 Å². The fourth-order valence-corrected chi connectivity index (χ4v) is 2.27. The van der Waals surface area contributed by atoms with E-state index >= 15 is 0 Å². The van der Waals surface area contributed by atoms with Crippen LogP contribution in [0.2, 0.25) is 0 Å². The van der Waals surface area contributed by atoms with E-state index < -0.39 is 0 Å². The molecule has 0 saturated heterocycles. The minimum Gasteiger partial charge on any atom is -0.453 e. The zero-order valence-corrected chi connectivity index (χ0v) is 12.1. The van der Waals surface area contributed by atoms with Crippen LogP contribution in [0.15, 0.2) is 51.6 Å². The van der Waals surface area contributed by atoms with Crippen LogP contribution in [-0.2, 0) is 6.54 Å². The van der Waals surface area contributed by atoms with E-state index in [1.54, 1.807) is 0 Å². The van der Waals surface area contributed by atoms with Crippen LogP contribution in [0.1, 0.15) is 30.6 Å². The maximum atomic E-state index is 5.43. The van der Waals surface area contributed by atoms with Crippen molar-refractivity contribution in [3.8, 4) is 0 Å². The van der Waals surface area contributed by atoms with E-state index in [2.05, 4.69) is 58.5 Å². The highest BCUT2D eigenvalue weighted by Crippen LogP contribution is 2.18. The van der Waals surface area contributed by atoms with Gasteiger partial charge in [0.2, 0.25) is 0 Å². The fraction of sp³-hybridized carbons (Fsp3) is 0.333. The summed E-state index contributed by atoms with van der Waals surface area (Å²) in [5, 5.41) is 3.40. The quantitative estimate of drug-likeness (QED) is 0.804. The Kier molecular flexibility index (Phi) is 5.02. The van der Waals surface area contributed by atoms with Crippen LogP contribution < -0.4 is 5.32 Å². The summed E-state index contributed by atoms with van der Waals surface area (Å²) in [5.74, 6) is 1.55. The Balaban J connectivity index is 1.69. The van der Waals surface area contributed by atoms with E-state index in [-0.39, 0.29) is 0 Å². The molecule has 1 atom stereocenters. The van der Waals surface area contributed by atoms with Gasteiger partial charge in [-0.2, -0.15) is 0 Å². The molecule has 0 saturated carbocycles. The van der Waals surface area contributed by atoms with Gasteiger partial charge in [0.25, 0.3) is 0 Å². The standard InChI is InChI=1S/C15H18BrNO/c1-12(13-5-3-2-4-6-13)9-10-17-11-14-7-8-15(16)18-14/h2-8,12,17H,9-11H2,1H3. The van der Waals surface area contributed by atoms with E-state index in [9.17, 15) is 0 Å². The highest BCUT2D eigenvalue weighted by Gasteiger charge is 2.04. The third kappa shape index (κ3) is 4.00. The Hall–Kier alpha value is -1.06. The lowest BCUT2D eigenvalue weighted by molar-refractivity contribution is 0.460. The van der Waals surface area contributed by atoms with Crippen LogP contribution in [0.3, 0.4) is 0 Å². The molecule has 2 nitrogen and oxygen atoms in total. The Morgan fingerprint density at radius 1 is 1.17 bits per heavy atom. The first kappa shape index (κ1) is 13.4. The van der Waals surface area contributed by atoms with Crippen molar-refractivity contribution < 1.29 is 4.42 Å². The van der Waals surface area contributed by atoms with E-state index in [4.69, 9.17) is 4.42 Å². The molecule has 0 bridgehead atoms. The lowest BCUT2D eigenvalue weighted by Crippen LogP contribution is -2.16. The van der Waals surface area contributed by atoms with Gasteiger partial charge in [-0.3, -0.25) is 0 Å². The number of furan rings is 1. The Labute approximate surface area is 117 Å². The van der Waals surface area contributed by atoms with Crippen LogP contribution in [0, 0.1) is 0 Å². The summed E-state index contributed by atoms with van der Waals surface area (Å²) >= 11 is 3.30. The molecule has 2 aromatic rings. The highest BCUT2D eigenvalue weighted by atomic mass is 79.9. The summed E-state index contributed by atoms with van der Waals surface area (Å²) in [6.07, 6.45) is 1.13. The highest BCUT2D eigenvalue weighted by molar-refractivity contribution is 9.10. The third-order valence-electron chi connectivity index (χ3n) is 3.05. The first-order chi connectivity index (χ1) is 8.75. The molecule has 18 heavy (non-hydrogen) atoms. The average molecular weight is 308 g/mol. The molecule has 0 amide bonds. The summed E-state index contributed by atoms with van der Waals surface area (Å²) in [5.41, 5.74) is 1.40. The van der Waals surface area contributed by atoms with E-state index in [0.29, 0.717) is 5.92 Å². The largest absolute Gasteiger partial charge is 0.453 e. The molecule has 2 rings (SSSR count). The lowest BCUT2D eigenvalue weighted by Gasteiger charge is -2.11. The Bertz CT molecular complexity index is 466. The molecule has 3 heteroatoms. The van der Waals surface area contributed by atoms with Crippen LogP contribution >= 0.6 is 15.9 Å². The summed E-state index contributed by atoms with van der Waals surface area (Å²) in [6.45, 7) is 4.04. The van der Waals surface area contributed by atoms with Gasteiger partial charge < -0.3 is 9.73 Å². The minimum atomic E-state index is 0.585. The monoisotopic (exact) mass is 307 g/mol. The first-order valence-electron chi connectivity index (χ1n) is 6.25. The van der Waals surface area contributed by atoms with Crippen molar-refractivity contribution in [1.29, 1.82) is 0 Å². The number of benzene rings is 1. The lowest BCUT2D eigenvalue weighted by atomic mass is 9.98. The number of nitrogens with one attached hydrogen (secondary N) is 1. The molecule has 1 aromatic heterocycles. The Morgan fingerprint density at radius 3 is 2.61 bits per heavy atom. The topological polar surface area (TPSA) is 25.2 Å². The molecule has 1 aromatic carbocycles. The van der Waals surface area contributed by atoms with Gasteiger partial charge in [-0.1, -0.05) is 37.3 Å². The summed E-state index contributed by atoms with van der Waals surface area (Å²) in [6, 6.07) is 14.5. The molecule has 96 valence electrons. The zero-order valence-electron chi connectivity index (χ0n) is 10.5. The molecule has 0 spiro atoms. The second-order valence-corrected chi connectivity index (χ2v) is 5.26. The molecule has 0 aliphatic heterocycles. The molecule has 1 heterocycles. The van der Waals surface area contributed by atoms with E-state index in [0.717, 1.165) is 29.9 Å². The Morgan fingerprint density at radius 2 is 1.94 bits per heavy atom. The van der Waals surface area contributed by atoms with Crippen molar-refractivity contribution in [1.82, 2.24) is 5.32 Å². The summed E-state index contributed by atoms with van der Waals surface area (Å²) < 4.78 is 6.22. The number of hydrogen-bond donors (Lipinski definition) is 1. The third-order valence-corrected chi connectivity index (χ3v) is 3.48. The molecular formula is C15H18BrNO. The van der Waals surface area contributed by atoms with Crippen molar-refractivity contribution in [2.75, 3.05) is 6.54 Å². The normalized spacial score (nSPS) is 12.6. The smallest absolute Gasteiger partial charge is 0.169 e. The fourth-order valence-electron chi connectivity index (χ4n) is 1.93. The van der Waals surface area contributed by atoms with Crippen LogP contribution in [0.25, 0.3) is 0 Å². The summed E-state index contributed by atoms with van der Waals surface area (Å²) in [4.78, 5) is 0. The van der Waals surface area contributed by atoms with Gasteiger partial charge in [-0.15, -0.1) is 0 Å². The predicted octanol–water partition coefficient (Wildman–Crippen LogP) is 4.33. The summed E-state index contributed by atoms with van der Waals surface area (Å²) in [7, 11) is 0.